The van der Waals surface area contributed by atoms with Gasteiger partial charge in [-0.05, 0) is 51.3 Å². The standard InChI is InChI=1S/C14H11BrO3/c1-18-11-4-2-3-9(7-11)10-5-6-12(14(16)17)13(15)8-10/h2-8H,1H3,(H,16,17). The van der Waals surface area contributed by atoms with Crippen molar-refractivity contribution in [1.82, 2.24) is 0 Å². The lowest BCUT2D eigenvalue weighted by atomic mass is 10.0. The largest absolute Gasteiger partial charge is 0.497 e. The number of methoxy groups -OCH3 is 1. The van der Waals surface area contributed by atoms with E-state index in [0.717, 1.165) is 16.9 Å². The van der Waals surface area contributed by atoms with Crippen LogP contribution in [0.2, 0.25) is 0 Å². The van der Waals surface area contributed by atoms with Crippen molar-refractivity contribution in [2.75, 3.05) is 7.11 Å². The van der Waals surface area contributed by atoms with Gasteiger partial charge in [-0.25, -0.2) is 4.79 Å². The van der Waals surface area contributed by atoms with Crippen molar-refractivity contribution >= 4 is 21.9 Å². The summed E-state index contributed by atoms with van der Waals surface area (Å²) in [7, 11) is 1.61. The number of aromatic carboxylic acids is 1. The quantitative estimate of drug-likeness (QED) is 0.937. The number of halogens is 1. The lowest BCUT2D eigenvalue weighted by Gasteiger charge is -2.06. The summed E-state index contributed by atoms with van der Waals surface area (Å²) in [5.41, 5.74) is 2.17. The number of carboxylic acids is 1. The third kappa shape index (κ3) is 2.54. The topological polar surface area (TPSA) is 46.5 Å². The fourth-order valence-electron chi connectivity index (χ4n) is 1.67. The zero-order chi connectivity index (χ0) is 13.1. The molecule has 0 unspecified atom stereocenters. The van der Waals surface area contributed by atoms with Gasteiger partial charge in [0, 0.05) is 4.47 Å². The Balaban J connectivity index is 2.45. The summed E-state index contributed by atoms with van der Waals surface area (Å²) in [5, 5.41) is 8.96. The molecule has 4 heteroatoms. The number of hydrogen-bond acceptors (Lipinski definition) is 2. The molecule has 0 saturated heterocycles. The van der Waals surface area contributed by atoms with E-state index < -0.39 is 5.97 Å². The molecule has 92 valence electrons. The SMILES string of the molecule is COc1cccc(-c2ccc(C(=O)O)c(Br)c2)c1. The Bertz CT molecular complexity index is 593. The Morgan fingerprint density at radius 3 is 2.50 bits per heavy atom. The highest BCUT2D eigenvalue weighted by Gasteiger charge is 2.09. The third-order valence-electron chi connectivity index (χ3n) is 2.60. The van der Waals surface area contributed by atoms with Crippen LogP contribution < -0.4 is 4.74 Å². The summed E-state index contributed by atoms with van der Waals surface area (Å²) in [6.07, 6.45) is 0. The lowest BCUT2D eigenvalue weighted by molar-refractivity contribution is 0.0696. The second kappa shape index (κ2) is 5.23. The molecule has 0 aromatic heterocycles. The molecule has 1 N–H and O–H groups in total. The normalized spacial score (nSPS) is 10.1. The van der Waals surface area contributed by atoms with Crippen molar-refractivity contribution < 1.29 is 14.6 Å². The molecule has 0 spiro atoms. The van der Waals surface area contributed by atoms with E-state index in [0.29, 0.717) is 4.47 Å². The summed E-state index contributed by atoms with van der Waals surface area (Å²) in [5.74, 6) is -0.176. The molecule has 0 heterocycles. The fourth-order valence-corrected chi connectivity index (χ4v) is 2.22. The molecule has 0 aliphatic heterocycles. The van der Waals surface area contributed by atoms with Gasteiger partial charge >= 0.3 is 5.97 Å². The van der Waals surface area contributed by atoms with E-state index in [1.165, 1.54) is 0 Å². The van der Waals surface area contributed by atoms with Crippen LogP contribution in [-0.2, 0) is 0 Å². The number of carbonyl (C=O) groups is 1. The van der Waals surface area contributed by atoms with Crippen LogP contribution >= 0.6 is 15.9 Å². The number of hydrogen-bond donors (Lipinski definition) is 1. The van der Waals surface area contributed by atoms with E-state index in [1.54, 1.807) is 25.3 Å². The maximum Gasteiger partial charge on any atom is 0.336 e. The zero-order valence-electron chi connectivity index (χ0n) is 9.68. The monoisotopic (exact) mass is 306 g/mol. The molecule has 2 rings (SSSR count). The van der Waals surface area contributed by atoms with Crippen LogP contribution in [0.25, 0.3) is 11.1 Å². The van der Waals surface area contributed by atoms with Crippen molar-refractivity contribution in [3.63, 3.8) is 0 Å². The van der Waals surface area contributed by atoms with Crippen LogP contribution in [0.5, 0.6) is 5.75 Å². The third-order valence-corrected chi connectivity index (χ3v) is 3.26. The summed E-state index contributed by atoms with van der Waals surface area (Å²) < 4.78 is 5.73. The minimum absolute atomic E-state index is 0.252. The first kappa shape index (κ1) is 12.6. The molecular formula is C14H11BrO3. The van der Waals surface area contributed by atoms with Gasteiger partial charge in [-0.15, -0.1) is 0 Å². The van der Waals surface area contributed by atoms with E-state index in [2.05, 4.69) is 15.9 Å². The molecular weight excluding hydrogens is 296 g/mol. The molecule has 0 saturated carbocycles. The fraction of sp³-hybridized carbons (Fsp3) is 0.0714. The molecule has 0 amide bonds. The van der Waals surface area contributed by atoms with Gasteiger partial charge in [-0.3, -0.25) is 0 Å². The second-order valence-electron chi connectivity index (χ2n) is 3.73. The molecule has 3 nitrogen and oxygen atoms in total. The molecule has 0 aliphatic carbocycles. The molecule has 0 aliphatic rings. The van der Waals surface area contributed by atoms with Crippen molar-refractivity contribution in [1.29, 1.82) is 0 Å². The molecule has 18 heavy (non-hydrogen) atoms. The second-order valence-corrected chi connectivity index (χ2v) is 4.59. The van der Waals surface area contributed by atoms with Crippen LogP contribution in [-0.4, -0.2) is 18.2 Å². The summed E-state index contributed by atoms with van der Waals surface area (Å²) >= 11 is 3.27. The van der Waals surface area contributed by atoms with Crippen LogP contribution in [0.4, 0.5) is 0 Å². The van der Waals surface area contributed by atoms with E-state index in [-0.39, 0.29) is 5.56 Å². The predicted molar refractivity (Wildman–Crippen MR) is 73.1 cm³/mol. The van der Waals surface area contributed by atoms with Crippen LogP contribution in [0.15, 0.2) is 46.9 Å². The van der Waals surface area contributed by atoms with Gasteiger partial charge in [-0.1, -0.05) is 18.2 Å². The first-order valence-electron chi connectivity index (χ1n) is 5.29. The summed E-state index contributed by atoms with van der Waals surface area (Å²) in [4.78, 5) is 10.9. The first-order valence-corrected chi connectivity index (χ1v) is 6.08. The minimum atomic E-state index is -0.945. The maximum absolute atomic E-state index is 10.9. The number of carboxylic acid groups (broad SMARTS) is 1. The Kier molecular flexibility index (Phi) is 3.67. The Morgan fingerprint density at radius 1 is 1.17 bits per heavy atom. The van der Waals surface area contributed by atoms with Gasteiger partial charge in [0.15, 0.2) is 0 Å². The number of rotatable bonds is 3. The lowest BCUT2D eigenvalue weighted by Crippen LogP contribution is -1.97. The zero-order valence-corrected chi connectivity index (χ0v) is 11.3. The highest BCUT2D eigenvalue weighted by molar-refractivity contribution is 9.10. The maximum atomic E-state index is 10.9. The molecule has 0 fully saturated rings. The first-order chi connectivity index (χ1) is 8.61. The molecule has 0 radical (unpaired) electrons. The van der Waals surface area contributed by atoms with Gasteiger partial charge in [0.25, 0.3) is 0 Å². The smallest absolute Gasteiger partial charge is 0.336 e. The van der Waals surface area contributed by atoms with Crippen molar-refractivity contribution in [3.05, 3.63) is 52.5 Å². The van der Waals surface area contributed by atoms with Crippen LogP contribution in [0.3, 0.4) is 0 Å². The van der Waals surface area contributed by atoms with Crippen LogP contribution in [0.1, 0.15) is 10.4 Å². The van der Waals surface area contributed by atoms with E-state index in [1.807, 2.05) is 24.3 Å². The molecule has 2 aromatic rings. The average Bonchev–Trinajstić information content (AvgIpc) is 2.38. The van der Waals surface area contributed by atoms with E-state index in [4.69, 9.17) is 9.84 Å². The van der Waals surface area contributed by atoms with Crippen molar-refractivity contribution in [3.8, 4) is 16.9 Å². The van der Waals surface area contributed by atoms with Crippen LogP contribution in [0, 0.1) is 0 Å². The Labute approximate surface area is 113 Å². The van der Waals surface area contributed by atoms with Gasteiger partial charge in [0.2, 0.25) is 0 Å². The summed E-state index contributed by atoms with van der Waals surface area (Å²) in [6.45, 7) is 0. The number of ether oxygens (including phenoxy) is 1. The van der Waals surface area contributed by atoms with Crippen molar-refractivity contribution in [2.45, 2.75) is 0 Å². The summed E-state index contributed by atoms with van der Waals surface area (Å²) in [6, 6.07) is 12.8. The van der Waals surface area contributed by atoms with E-state index >= 15 is 0 Å². The van der Waals surface area contributed by atoms with Crippen molar-refractivity contribution in [2.24, 2.45) is 0 Å². The van der Waals surface area contributed by atoms with E-state index in [9.17, 15) is 4.79 Å². The van der Waals surface area contributed by atoms with Gasteiger partial charge in [0.05, 0.1) is 12.7 Å². The number of benzene rings is 2. The Hall–Kier alpha value is -1.81. The highest BCUT2D eigenvalue weighted by atomic mass is 79.9. The molecule has 0 bridgehead atoms. The molecule has 0 atom stereocenters. The minimum Gasteiger partial charge on any atom is -0.497 e. The predicted octanol–water partition coefficient (Wildman–Crippen LogP) is 3.82. The highest BCUT2D eigenvalue weighted by Crippen LogP contribution is 2.28. The average molecular weight is 307 g/mol. The van der Waals surface area contributed by atoms with Gasteiger partial charge in [-0.2, -0.15) is 0 Å². The van der Waals surface area contributed by atoms with Gasteiger partial charge < -0.3 is 9.84 Å². The molecule has 2 aromatic carbocycles. The van der Waals surface area contributed by atoms with Gasteiger partial charge in [0.1, 0.15) is 5.75 Å². The Morgan fingerprint density at radius 2 is 1.89 bits per heavy atom.